The molecule has 1 aromatic carbocycles. The first-order valence-corrected chi connectivity index (χ1v) is 11.3. The van der Waals surface area contributed by atoms with Crippen LogP contribution in [-0.2, 0) is 0 Å². The fraction of sp³-hybridized carbons (Fsp3) is 0.467. The highest BCUT2D eigenvalue weighted by molar-refractivity contribution is 5.41. The van der Waals surface area contributed by atoms with E-state index >= 15 is 0 Å². The fourth-order valence-electron chi connectivity index (χ4n) is 2.05. The third-order valence-corrected chi connectivity index (χ3v) is 4.30. The van der Waals surface area contributed by atoms with Gasteiger partial charge in [-0.3, -0.25) is 0 Å². The first-order chi connectivity index (χ1) is 14.1. The quantitative estimate of drug-likeness (QED) is 0.238. The van der Waals surface area contributed by atoms with E-state index < -0.39 is 0 Å². The first-order valence-electron chi connectivity index (χ1n) is 11.3. The molecular formula is C30H50. The van der Waals surface area contributed by atoms with Crippen molar-refractivity contribution in [2.45, 2.75) is 94.4 Å². The van der Waals surface area contributed by atoms with Gasteiger partial charge in [-0.25, -0.2) is 0 Å². The summed E-state index contributed by atoms with van der Waals surface area (Å²) in [5.41, 5.74) is 7.45. The molecule has 0 aliphatic rings. The summed E-state index contributed by atoms with van der Waals surface area (Å²) >= 11 is 0. The van der Waals surface area contributed by atoms with Gasteiger partial charge in [0, 0.05) is 0 Å². The Morgan fingerprint density at radius 2 is 1.17 bits per heavy atom. The van der Waals surface area contributed by atoms with Gasteiger partial charge in [-0.2, -0.15) is 0 Å². The van der Waals surface area contributed by atoms with Crippen molar-refractivity contribution >= 4 is 0 Å². The Balaban J connectivity index is -0.000000354. The zero-order chi connectivity index (χ0) is 23.9. The highest BCUT2D eigenvalue weighted by atomic mass is 14.0. The summed E-state index contributed by atoms with van der Waals surface area (Å²) < 4.78 is 0. The molecule has 0 spiro atoms. The van der Waals surface area contributed by atoms with Gasteiger partial charge in [0.2, 0.25) is 0 Å². The van der Waals surface area contributed by atoms with E-state index in [4.69, 9.17) is 0 Å². The van der Waals surface area contributed by atoms with Gasteiger partial charge in [0.1, 0.15) is 0 Å². The van der Waals surface area contributed by atoms with Crippen LogP contribution in [0.4, 0.5) is 0 Å². The van der Waals surface area contributed by atoms with E-state index in [2.05, 4.69) is 98.5 Å². The zero-order valence-electron chi connectivity index (χ0n) is 21.7. The molecule has 170 valence electrons. The molecule has 0 radical (unpaired) electrons. The molecule has 0 saturated carbocycles. The van der Waals surface area contributed by atoms with Gasteiger partial charge < -0.3 is 0 Å². The average molecular weight is 411 g/mol. The average Bonchev–Trinajstić information content (AvgIpc) is 2.70. The van der Waals surface area contributed by atoms with E-state index in [0.717, 1.165) is 11.1 Å². The van der Waals surface area contributed by atoms with Crippen LogP contribution in [0.3, 0.4) is 0 Å². The Morgan fingerprint density at radius 1 is 0.800 bits per heavy atom. The second-order valence-electron chi connectivity index (χ2n) is 7.89. The summed E-state index contributed by atoms with van der Waals surface area (Å²) in [5, 5.41) is 0. The molecule has 0 aromatic heterocycles. The molecule has 0 amide bonds. The van der Waals surface area contributed by atoms with Crippen molar-refractivity contribution in [3.05, 3.63) is 95.6 Å². The summed E-state index contributed by atoms with van der Waals surface area (Å²) in [4.78, 5) is 0. The van der Waals surface area contributed by atoms with Gasteiger partial charge in [0.25, 0.3) is 0 Å². The SMILES string of the molecule is C=C/C(=C\C(C)=C(C)C)C(=C)C.C=CC.CCCCCCC.Cc1ccc(C)cc1. The normalized spacial score (nSPS) is 9.43. The number of allylic oxidation sites excluding steroid dienone is 7. The van der Waals surface area contributed by atoms with Gasteiger partial charge >= 0.3 is 0 Å². The number of hydrogen-bond donors (Lipinski definition) is 0. The zero-order valence-corrected chi connectivity index (χ0v) is 21.7. The predicted molar refractivity (Wildman–Crippen MR) is 143 cm³/mol. The lowest BCUT2D eigenvalue weighted by molar-refractivity contribution is 0.656. The van der Waals surface area contributed by atoms with Gasteiger partial charge in [-0.05, 0) is 54.0 Å². The summed E-state index contributed by atoms with van der Waals surface area (Å²) in [6.45, 7) is 29.8. The second-order valence-corrected chi connectivity index (χ2v) is 7.89. The third-order valence-electron chi connectivity index (χ3n) is 4.30. The van der Waals surface area contributed by atoms with Crippen LogP contribution in [0.2, 0.25) is 0 Å². The Bertz CT molecular complexity index is 592. The molecule has 0 unspecified atom stereocenters. The van der Waals surface area contributed by atoms with Crippen LogP contribution in [0.1, 0.15) is 91.7 Å². The van der Waals surface area contributed by atoms with Gasteiger partial charge in [0.05, 0.1) is 0 Å². The molecule has 0 heterocycles. The Labute approximate surface area is 190 Å². The molecule has 0 bridgehead atoms. The molecule has 1 aromatic rings. The largest absolute Gasteiger partial charge is 0.103 e. The molecular weight excluding hydrogens is 360 g/mol. The van der Waals surface area contributed by atoms with Gasteiger partial charge in [-0.1, -0.05) is 129 Å². The number of benzene rings is 1. The smallest absolute Gasteiger partial charge is 0.0237 e. The minimum atomic E-state index is 1.06. The monoisotopic (exact) mass is 410 g/mol. The van der Waals surface area contributed by atoms with Crippen LogP contribution < -0.4 is 0 Å². The van der Waals surface area contributed by atoms with Crippen LogP contribution in [0, 0.1) is 13.8 Å². The number of rotatable bonds is 7. The number of aryl methyl sites for hydroxylation is 2. The first kappa shape index (κ1) is 32.6. The summed E-state index contributed by atoms with van der Waals surface area (Å²) in [7, 11) is 0. The molecule has 0 N–H and O–H groups in total. The third kappa shape index (κ3) is 24.0. The van der Waals surface area contributed by atoms with Crippen LogP contribution in [0.25, 0.3) is 0 Å². The van der Waals surface area contributed by atoms with E-state index in [1.54, 1.807) is 6.08 Å². The van der Waals surface area contributed by atoms with Crippen molar-refractivity contribution in [2.24, 2.45) is 0 Å². The minimum Gasteiger partial charge on any atom is -0.103 e. The Hall–Kier alpha value is -2.08. The molecule has 0 saturated heterocycles. The fourth-order valence-corrected chi connectivity index (χ4v) is 2.05. The minimum absolute atomic E-state index is 1.06. The maximum atomic E-state index is 3.88. The molecule has 1 rings (SSSR count). The molecule has 0 nitrogen and oxygen atoms in total. The van der Waals surface area contributed by atoms with Crippen molar-refractivity contribution in [1.82, 2.24) is 0 Å². The molecule has 0 heteroatoms. The molecule has 0 aliphatic carbocycles. The van der Waals surface area contributed by atoms with Crippen molar-refractivity contribution in [2.75, 3.05) is 0 Å². The van der Waals surface area contributed by atoms with E-state index in [-0.39, 0.29) is 0 Å². The number of hydrogen-bond acceptors (Lipinski definition) is 0. The van der Waals surface area contributed by atoms with Gasteiger partial charge in [-0.15, -0.1) is 6.58 Å². The maximum absolute atomic E-state index is 3.88. The van der Waals surface area contributed by atoms with Crippen molar-refractivity contribution in [3.63, 3.8) is 0 Å². The van der Waals surface area contributed by atoms with E-state index in [1.807, 2.05) is 19.9 Å². The lowest BCUT2D eigenvalue weighted by atomic mass is 10.0. The van der Waals surface area contributed by atoms with E-state index in [1.165, 1.54) is 54.4 Å². The lowest BCUT2D eigenvalue weighted by Gasteiger charge is -2.02. The molecule has 0 aliphatic heterocycles. The lowest BCUT2D eigenvalue weighted by Crippen LogP contribution is -1.81. The number of unbranched alkanes of at least 4 members (excludes halogenated alkanes) is 4. The summed E-state index contributed by atoms with van der Waals surface area (Å²) in [6.07, 6.45) is 12.7. The van der Waals surface area contributed by atoms with Crippen LogP contribution in [-0.4, -0.2) is 0 Å². The van der Waals surface area contributed by atoms with E-state index in [9.17, 15) is 0 Å². The second kappa shape index (κ2) is 23.2. The van der Waals surface area contributed by atoms with Crippen LogP contribution in [0.15, 0.2) is 84.5 Å². The van der Waals surface area contributed by atoms with Crippen LogP contribution in [0.5, 0.6) is 0 Å². The predicted octanol–water partition coefficient (Wildman–Crippen LogP) is 10.5. The van der Waals surface area contributed by atoms with Gasteiger partial charge in [0.15, 0.2) is 0 Å². The highest BCUT2D eigenvalue weighted by Gasteiger charge is 1.93. The topological polar surface area (TPSA) is 0 Å². The Kier molecular flexibility index (Phi) is 25.2. The van der Waals surface area contributed by atoms with E-state index in [0.29, 0.717) is 0 Å². The summed E-state index contributed by atoms with van der Waals surface area (Å²) in [6, 6.07) is 8.48. The standard InChI is InChI=1S/C12H18.C8H10.C7H16.C3H6/c1-7-12(10(4)5)8-11(6)9(2)3;1-7-3-5-8(2)6-4-7;1-3-5-7-6-4-2;1-3-2/h7-8H,1,4H2,2-3,5-6H3;3-6H,1-2H3;3-7H2,1-2H3;3H,1H2,2H3/b12-8+;;;. The van der Waals surface area contributed by atoms with Crippen LogP contribution >= 0.6 is 0 Å². The summed E-state index contributed by atoms with van der Waals surface area (Å²) in [5.74, 6) is 0. The molecule has 0 fully saturated rings. The highest BCUT2D eigenvalue weighted by Crippen LogP contribution is 2.13. The molecule has 0 atom stereocenters. The Morgan fingerprint density at radius 3 is 1.40 bits per heavy atom. The molecule has 30 heavy (non-hydrogen) atoms. The van der Waals surface area contributed by atoms with Crippen molar-refractivity contribution in [3.8, 4) is 0 Å². The van der Waals surface area contributed by atoms with Crippen molar-refractivity contribution < 1.29 is 0 Å². The maximum Gasteiger partial charge on any atom is -0.0237 e. The van der Waals surface area contributed by atoms with Crippen molar-refractivity contribution in [1.29, 1.82) is 0 Å².